The van der Waals surface area contributed by atoms with Crippen molar-refractivity contribution >= 4 is 5.78 Å². The molecule has 0 radical (unpaired) electrons. The minimum Gasteiger partial charge on any atom is -0.508 e. The van der Waals surface area contributed by atoms with E-state index in [1.165, 1.54) is 11.1 Å². The van der Waals surface area contributed by atoms with Gasteiger partial charge in [0, 0.05) is 12.8 Å². The lowest BCUT2D eigenvalue weighted by atomic mass is 9.81. The molecule has 1 aliphatic rings. The second-order valence-electron chi connectivity index (χ2n) is 4.95. The molecule has 0 aromatic heterocycles. The Kier molecular flexibility index (Phi) is 3.82. The summed E-state index contributed by atoms with van der Waals surface area (Å²) in [6, 6.07) is 5.70. The summed E-state index contributed by atoms with van der Waals surface area (Å²) < 4.78 is 0. The van der Waals surface area contributed by atoms with E-state index in [1.807, 2.05) is 12.1 Å². The highest BCUT2D eigenvalue weighted by Gasteiger charge is 2.22. The lowest BCUT2D eigenvalue weighted by Gasteiger charge is -2.24. The summed E-state index contributed by atoms with van der Waals surface area (Å²) in [4.78, 5) is 11.3. The summed E-state index contributed by atoms with van der Waals surface area (Å²) in [7, 11) is 0. The predicted octanol–water partition coefficient (Wildman–Crippen LogP) is 3.57. The zero-order chi connectivity index (χ0) is 12.3. The molecule has 0 bridgehead atoms. The van der Waals surface area contributed by atoms with Gasteiger partial charge in [-0.2, -0.15) is 0 Å². The Hall–Kier alpha value is -1.31. The smallest absolute Gasteiger partial charge is 0.132 e. The van der Waals surface area contributed by atoms with E-state index in [4.69, 9.17) is 0 Å². The second-order valence-corrected chi connectivity index (χ2v) is 4.95. The Labute approximate surface area is 103 Å². The quantitative estimate of drug-likeness (QED) is 0.865. The highest BCUT2D eigenvalue weighted by Crippen LogP contribution is 2.34. The molecule has 0 atom stereocenters. The number of benzene rings is 1. The number of ketones is 1. The molecule has 1 saturated carbocycles. The van der Waals surface area contributed by atoms with Crippen molar-refractivity contribution < 1.29 is 9.90 Å². The molecule has 1 fully saturated rings. The fourth-order valence-corrected chi connectivity index (χ4v) is 2.73. The van der Waals surface area contributed by atoms with Gasteiger partial charge in [-0.1, -0.05) is 19.4 Å². The lowest BCUT2D eigenvalue weighted by molar-refractivity contribution is -0.120. The number of aromatic hydroxyl groups is 1. The first-order valence-corrected chi connectivity index (χ1v) is 6.54. The van der Waals surface area contributed by atoms with Gasteiger partial charge in [-0.15, -0.1) is 0 Å². The number of Topliss-reactive ketones (excluding diaryl/α,β-unsaturated/α-hetero) is 1. The fraction of sp³-hybridized carbons (Fsp3) is 0.533. The zero-order valence-electron chi connectivity index (χ0n) is 10.4. The molecule has 0 unspecified atom stereocenters. The van der Waals surface area contributed by atoms with E-state index in [1.54, 1.807) is 6.07 Å². The Morgan fingerprint density at radius 3 is 2.65 bits per heavy atom. The molecule has 1 aromatic carbocycles. The molecule has 2 nitrogen and oxygen atoms in total. The van der Waals surface area contributed by atoms with Crippen LogP contribution in [0.5, 0.6) is 5.75 Å². The second kappa shape index (κ2) is 5.35. The van der Waals surface area contributed by atoms with Gasteiger partial charge in [0.25, 0.3) is 0 Å². The number of phenols is 1. The monoisotopic (exact) mass is 232 g/mol. The average molecular weight is 232 g/mol. The van der Waals surface area contributed by atoms with Crippen molar-refractivity contribution in [2.24, 2.45) is 0 Å². The maximum atomic E-state index is 11.3. The van der Waals surface area contributed by atoms with Gasteiger partial charge in [0.2, 0.25) is 0 Å². The zero-order valence-corrected chi connectivity index (χ0v) is 10.4. The Balaban J connectivity index is 2.21. The van der Waals surface area contributed by atoms with Crippen molar-refractivity contribution in [2.75, 3.05) is 0 Å². The number of rotatable bonds is 3. The van der Waals surface area contributed by atoms with E-state index in [0.29, 0.717) is 17.5 Å². The molecule has 0 heterocycles. The van der Waals surface area contributed by atoms with Gasteiger partial charge in [0.05, 0.1) is 0 Å². The van der Waals surface area contributed by atoms with Gasteiger partial charge in [-0.3, -0.25) is 4.79 Å². The first-order valence-electron chi connectivity index (χ1n) is 6.54. The van der Waals surface area contributed by atoms with Gasteiger partial charge in [0.15, 0.2) is 0 Å². The van der Waals surface area contributed by atoms with Crippen molar-refractivity contribution in [3.05, 3.63) is 29.3 Å². The van der Waals surface area contributed by atoms with E-state index in [0.717, 1.165) is 38.5 Å². The summed E-state index contributed by atoms with van der Waals surface area (Å²) in [5.74, 6) is 1.26. The summed E-state index contributed by atoms with van der Waals surface area (Å²) in [5.41, 5.74) is 2.60. The van der Waals surface area contributed by atoms with Crippen LogP contribution in [0.25, 0.3) is 0 Å². The number of carbonyl (C=O) groups is 1. The fourth-order valence-electron chi connectivity index (χ4n) is 2.73. The topological polar surface area (TPSA) is 37.3 Å². The van der Waals surface area contributed by atoms with Crippen LogP contribution in [0.15, 0.2) is 18.2 Å². The van der Waals surface area contributed by atoms with Gasteiger partial charge in [-0.25, -0.2) is 0 Å². The van der Waals surface area contributed by atoms with Crippen LogP contribution in [0.2, 0.25) is 0 Å². The molecule has 1 N–H and O–H groups in total. The minimum absolute atomic E-state index is 0.351. The molecule has 0 amide bonds. The van der Waals surface area contributed by atoms with Crippen molar-refractivity contribution in [1.82, 2.24) is 0 Å². The first kappa shape index (κ1) is 12.2. The highest BCUT2D eigenvalue weighted by molar-refractivity contribution is 5.79. The molecule has 0 spiro atoms. The number of hydrogen-bond acceptors (Lipinski definition) is 2. The van der Waals surface area contributed by atoms with Gasteiger partial charge in [-0.05, 0) is 48.4 Å². The molecule has 1 aliphatic carbocycles. The highest BCUT2D eigenvalue weighted by atomic mass is 16.3. The molecule has 0 saturated heterocycles. The van der Waals surface area contributed by atoms with Gasteiger partial charge in [0.1, 0.15) is 11.5 Å². The van der Waals surface area contributed by atoms with Crippen LogP contribution >= 0.6 is 0 Å². The van der Waals surface area contributed by atoms with E-state index in [9.17, 15) is 9.90 Å². The minimum atomic E-state index is 0.351. The molecular weight excluding hydrogens is 212 g/mol. The summed E-state index contributed by atoms with van der Waals surface area (Å²) in [5, 5.41) is 9.55. The van der Waals surface area contributed by atoms with Crippen LogP contribution in [0, 0.1) is 0 Å². The Bertz CT molecular complexity index is 399. The van der Waals surface area contributed by atoms with E-state index in [2.05, 4.69) is 6.92 Å². The first-order chi connectivity index (χ1) is 8.20. The molecule has 17 heavy (non-hydrogen) atoms. The molecule has 1 aromatic rings. The number of carbonyl (C=O) groups excluding carboxylic acids is 1. The molecule has 2 rings (SSSR count). The standard InChI is InChI=1S/C15H20O2/c1-2-3-12-10-14(17)8-9-15(12)11-4-6-13(16)7-5-11/h8-11,17H,2-7H2,1H3. The number of hydrogen-bond donors (Lipinski definition) is 1. The van der Waals surface area contributed by atoms with Crippen LogP contribution in [0.4, 0.5) is 0 Å². The average Bonchev–Trinajstić information content (AvgIpc) is 2.31. The molecular formula is C15H20O2. The van der Waals surface area contributed by atoms with Crippen LogP contribution in [-0.4, -0.2) is 10.9 Å². The molecule has 0 aliphatic heterocycles. The normalized spacial score (nSPS) is 17.4. The molecule has 2 heteroatoms. The van der Waals surface area contributed by atoms with Crippen molar-refractivity contribution in [3.63, 3.8) is 0 Å². The third-order valence-corrected chi connectivity index (χ3v) is 3.63. The Morgan fingerprint density at radius 1 is 1.29 bits per heavy atom. The van der Waals surface area contributed by atoms with Gasteiger partial charge >= 0.3 is 0 Å². The van der Waals surface area contributed by atoms with E-state index >= 15 is 0 Å². The van der Waals surface area contributed by atoms with Crippen molar-refractivity contribution in [1.29, 1.82) is 0 Å². The van der Waals surface area contributed by atoms with Crippen LogP contribution < -0.4 is 0 Å². The summed E-state index contributed by atoms with van der Waals surface area (Å²) in [6.07, 6.45) is 5.48. The number of phenolic OH excluding ortho intramolecular Hbond substituents is 1. The third-order valence-electron chi connectivity index (χ3n) is 3.63. The SMILES string of the molecule is CCCc1cc(O)ccc1C1CCC(=O)CC1. The van der Waals surface area contributed by atoms with Gasteiger partial charge < -0.3 is 5.11 Å². The van der Waals surface area contributed by atoms with Crippen LogP contribution in [-0.2, 0) is 11.2 Å². The van der Waals surface area contributed by atoms with E-state index < -0.39 is 0 Å². The predicted molar refractivity (Wildman–Crippen MR) is 68.3 cm³/mol. The largest absolute Gasteiger partial charge is 0.508 e. The summed E-state index contributed by atoms with van der Waals surface area (Å²) in [6.45, 7) is 2.15. The van der Waals surface area contributed by atoms with Crippen molar-refractivity contribution in [3.8, 4) is 5.75 Å². The lowest BCUT2D eigenvalue weighted by Crippen LogP contribution is -2.13. The maximum Gasteiger partial charge on any atom is 0.132 e. The van der Waals surface area contributed by atoms with E-state index in [-0.39, 0.29) is 0 Å². The Morgan fingerprint density at radius 2 is 2.00 bits per heavy atom. The summed E-state index contributed by atoms with van der Waals surface area (Å²) >= 11 is 0. The number of aryl methyl sites for hydroxylation is 1. The van der Waals surface area contributed by atoms with Crippen LogP contribution in [0.1, 0.15) is 56.1 Å². The van der Waals surface area contributed by atoms with Crippen LogP contribution in [0.3, 0.4) is 0 Å². The van der Waals surface area contributed by atoms with Crippen molar-refractivity contribution in [2.45, 2.75) is 51.4 Å². The third kappa shape index (κ3) is 2.87. The molecule has 92 valence electrons. The maximum absolute atomic E-state index is 11.3.